The van der Waals surface area contributed by atoms with Gasteiger partial charge in [-0.05, 0) is 46.7 Å². The van der Waals surface area contributed by atoms with Crippen LogP contribution in [0.1, 0.15) is 18.1 Å². The fourth-order valence-corrected chi connectivity index (χ4v) is 1.52. The van der Waals surface area contributed by atoms with Gasteiger partial charge in [0.2, 0.25) is 0 Å². The molecule has 0 heterocycles. The van der Waals surface area contributed by atoms with E-state index in [-0.39, 0.29) is 0 Å². The van der Waals surface area contributed by atoms with Gasteiger partial charge < -0.3 is 5.11 Å². The second-order valence-corrected chi connectivity index (χ2v) is 4.17. The van der Waals surface area contributed by atoms with Gasteiger partial charge in [0.1, 0.15) is 0 Å². The third kappa shape index (κ3) is 2.92. The zero-order valence-corrected chi connectivity index (χ0v) is 9.42. The van der Waals surface area contributed by atoms with E-state index in [1.165, 1.54) is 3.57 Å². The van der Waals surface area contributed by atoms with Crippen molar-refractivity contribution >= 4 is 34.2 Å². The molecule has 0 aliphatic heterocycles. The summed E-state index contributed by atoms with van der Waals surface area (Å²) in [5.41, 5.74) is 0.941. The highest BCUT2D eigenvalue weighted by atomic mass is 127. The van der Waals surface area contributed by atoms with Gasteiger partial charge in [0.15, 0.2) is 0 Å². The molecule has 1 rings (SSSR count). The Labute approximate surface area is 90.9 Å². The van der Waals surface area contributed by atoms with Gasteiger partial charge in [-0.15, -0.1) is 11.6 Å². The Kier molecular flexibility index (Phi) is 4.32. The minimum atomic E-state index is -0.417. The Bertz CT molecular complexity index is 235. The number of benzene rings is 1. The van der Waals surface area contributed by atoms with Gasteiger partial charge in [-0.1, -0.05) is 12.1 Å². The van der Waals surface area contributed by atoms with Crippen molar-refractivity contribution in [2.45, 2.75) is 12.5 Å². The van der Waals surface area contributed by atoms with Crippen LogP contribution in [0.15, 0.2) is 24.3 Å². The lowest BCUT2D eigenvalue weighted by Crippen LogP contribution is -1.97. The number of alkyl halides is 1. The Morgan fingerprint density at radius 2 is 1.92 bits per heavy atom. The van der Waals surface area contributed by atoms with Crippen LogP contribution in [-0.4, -0.2) is 11.0 Å². The lowest BCUT2D eigenvalue weighted by Gasteiger charge is -2.08. The Balaban J connectivity index is 2.68. The Hall–Kier alpha value is 0.200. The van der Waals surface area contributed by atoms with Crippen molar-refractivity contribution in [3.05, 3.63) is 33.4 Å². The minimum absolute atomic E-state index is 0.417. The first-order chi connectivity index (χ1) is 5.74. The average Bonchev–Trinajstić information content (AvgIpc) is 2.06. The fourth-order valence-electron chi connectivity index (χ4n) is 0.955. The van der Waals surface area contributed by atoms with Gasteiger partial charge >= 0.3 is 0 Å². The van der Waals surface area contributed by atoms with Crippen molar-refractivity contribution in [3.8, 4) is 0 Å². The quantitative estimate of drug-likeness (QED) is 0.671. The maximum Gasteiger partial charge on any atom is 0.0801 e. The molecule has 0 aliphatic carbocycles. The van der Waals surface area contributed by atoms with Crippen molar-refractivity contribution in [1.82, 2.24) is 0 Å². The van der Waals surface area contributed by atoms with Gasteiger partial charge in [-0.3, -0.25) is 0 Å². The van der Waals surface area contributed by atoms with Crippen LogP contribution in [0.25, 0.3) is 0 Å². The molecule has 1 aromatic carbocycles. The monoisotopic (exact) mass is 296 g/mol. The van der Waals surface area contributed by atoms with Crippen LogP contribution >= 0.6 is 34.2 Å². The van der Waals surface area contributed by atoms with Gasteiger partial charge in [-0.2, -0.15) is 0 Å². The summed E-state index contributed by atoms with van der Waals surface area (Å²) >= 11 is 7.75. The molecule has 0 unspecified atom stereocenters. The summed E-state index contributed by atoms with van der Waals surface area (Å²) in [6, 6.07) is 7.82. The Morgan fingerprint density at radius 3 is 2.42 bits per heavy atom. The summed E-state index contributed by atoms with van der Waals surface area (Å²) < 4.78 is 1.18. The molecule has 1 atom stereocenters. The summed E-state index contributed by atoms with van der Waals surface area (Å²) in [6.07, 6.45) is 0.196. The second kappa shape index (κ2) is 5.04. The molecule has 0 bridgehead atoms. The summed E-state index contributed by atoms with van der Waals surface area (Å²) in [5.74, 6) is 0.493. The molecule has 0 aliphatic rings. The van der Waals surface area contributed by atoms with E-state index in [1.54, 1.807) is 0 Å². The van der Waals surface area contributed by atoms with Gasteiger partial charge in [0, 0.05) is 9.45 Å². The fraction of sp³-hybridized carbons (Fsp3) is 0.333. The lowest BCUT2D eigenvalue weighted by atomic mass is 10.1. The number of hydrogen-bond donors (Lipinski definition) is 1. The van der Waals surface area contributed by atoms with Crippen LogP contribution in [0.5, 0.6) is 0 Å². The van der Waals surface area contributed by atoms with Crippen LogP contribution in [-0.2, 0) is 0 Å². The van der Waals surface area contributed by atoms with E-state index >= 15 is 0 Å². The molecular weight excluding hydrogens is 286 g/mol. The van der Waals surface area contributed by atoms with Gasteiger partial charge in [0.05, 0.1) is 6.10 Å². The second-order valence-electron chi connectivity index (χ2n) is 2.55. The zero-order valence-electron chi connectivity index (χ0n) is 6.50. The zero-order chi connectivity index (χ0) is 8.97. The third-order valence-corrected chi connectivity index (χ3v) is 2.57. The predicted molar refractivity (Wildman–Crippen MR) is 59.5 cm³/mol. The van der Waals surface area contributed by atoms with E-state index < -0.39 is 6.10 Å². The summed E-state index contributed by atoms with van der Waals surface area (Å²) in [4.78, 5) is 0. The first-order valence-electron chi connectivity index (χ1n) is 3.73. The van der Waals surface area contributed by atoms with Gasteiger partial charge in [0.25, 0.3) is 0 Å². The molecule has 0 fully saturated rings. The largest absolute Gasteiger partial charge is 0.388 e. The maximum atomic E-state index is 9.52. The molecular formula is C9H10ClIO. The molecule has 66 valence electrons. The normalized spacial score (nSPS) is 12.9. The lowest BCUT2D eigenvalue weighted by molar-refractivity contribution is 0.174. The van der Waals surface area contributed by atoms with E-state index in [4.69, 9.17) is 11.6 Å². The van der Waals surface area contributed by atoms with Crippen LogP contribution in [0.3, 0.4) is 0 Å². The van der Waals surface area contributed by atoms with Crippen molar-refractivity contribution in [3.63, 3.8) is 0 Å². The van der Waals surface area contributed by atoms with E-state index in [0.29, 0.717) is 12.3 Å². The first kappa shape index (κ1) is 10.3. The SMILES string of the molecule is O[C@@H](CCCl)c1ccc(I)cc1. The van der Waals surface area contributed by atoms with Crippen molar-refractivity contribution in [2.24, 2.45) is 0 Å². The minimum Gasteiger partial charge on any atom is -0.388 e. The first-order valence-corrected chi connectivity index (χ1v) is 5.35. The summed E-state index contributed by atoms with van der Waals surface area (Å²) in [5, 5.41) is 9.52. The van der Waals surface area contributed by atoms with Crippen LogP contribution < -0.4 is 0 Å². The Morgan fingerprint density at radius 1 is 1.33 bits per heavy atom. The number of aliphatic hydroxyl groups excluding tert-OH is 1. The maximum absolute atomic E-state index is 9.52. The molecule has 1 aromatic rings. The standard InChI is InChI=1S/C9H10ClIO/c10-6-5-9(12)7-1-3-8(11)4-2-7/h1-4,9,12H,5-6H2/t9-/m0/s1. The van der Waals surface area contributed by atoms with Gasteiger partial charge in [-0.25, -0.2) is 0 Å². The highest BCUT2D eigenvalue weighted by Gasteiger charge is 2.05. The van der Waals surface area contributed by atoms with Crippen molar-refractivity contribution in [2.75, 3.05) is 5.88 Å². The topological polar surface area (TPSA) is 20.2 Å². The smallest absolute Gasteiger partial charge is 0.0801 e. The molecule has 3 heteroatoms. The number of hydrogen-bond acceptors (Lipinski definition) is 1. The van der Waals surface area contributed by atoms with E-state index in [0.717, 1.165) is 5.56 Å². The van der Waals surface area contributed by atoms with E-state index in [2.05, 4.69) is 22.6 Å². The van der Waals surface area contributed by atoms with E-state index in [9.17, 15) is 5.11 Å². The molecule has 0 saturated carbocycles. The van der Waals surface area contributed by atoms with Crippen molar-refractivity contribution in [1.29, 1.82) is 0 Å². The predicted octanol–water partition coefficient (Wildman–Crippen LogP) is 2.95. The number of halogens is 2. The van der Waals surface area contributed by atoms with Crippen LogP contribution in [0.2, 0.25) is 0 Å². The molecule has 1 nitrogen and oxygen atoms in total. The average molecular weight is 297 g/mol. The van der Waals surface area contributed by atoms with Crippen LogP contribution in [0.4, 0.5) is 0 Å². The molecule has 0 saturated heterocycles. The highest BCUT2D eigenvalue weighted by Crippen LogP contribution is 2.17. The molecule has 0 amide bonds. The highest BCUT2D eigenvalue weighted by molar-refractivity contribution is 14.1. The molecule has 0 aromatic heterocycles. The molecule has 1 N–H and O–H groups in total. The van der Waals surface area contributed by atoms with Crippen molar-refractivity contribution < 1.29 is 5.11 Å². The van der Waals surface area contributed by atoms with Crippen LogP contribution in [0, 0.1) is 3.57 Å². The number of rotatable bonds is 3. The third-order valence-electron chi connectivity index (χ3n) is 1.64. The summed E-state index contributed by atoms with van der Waals surface area (Å²) in [6.45, 7) is 0. The summed E-state index contributed by atoms with van der Waals surface area (Å²) in [7, 11) is 0. The molecule has 0 spiro atoms. The molecule has 12 heavy (non-hydrogen) atoms. The molecule has 0 radical (unpaired) electrons. The van der Waals surface area contributed by atoms with E-state index in [1.807, 2.05) is 24.3 Å². The number of aliphatic hydroxyl groups is 1.